The molecule has 1 aromatic carbocycles. The Morgan fingerprint density at radius 3 is 2.31 bits per heavy atom. The maximum atomic E-state index is 12.0. The molecule has 1 rings (SSSR count). The average Bonchev–Trinajstić information content (AvgIpc) is 2.14. The molecule has 0 aliphatic carbocycles. The van der Waals surface area contributed by atoms with Crippen molar-refractivity contribution in [3.63, 3.8) is 0 Å². The highest BCUT2D eigenvalue weighted by Crippen LogP contribution is 2.27. The molecule has 16 heavy (non-hydrogen) atoms. The number of ketones is 1. The number of carbonyl (C=O) groups is 1. The van der Waals surface area contributed by atoms with E-state index in [0.717, 1.165) is 11.1 Å². The fourth-order valence-corrected chi connectivity index (χ4v) is 1.69. The molecule has 1 N–H and O–H groups in total. The van der Waals surface area contributed by atoms with Gasteiger partial charge in [-0.25, -0.2) is 0 Å². The van der Waals surface area contributed by atoms with Gasteiger partial charge in [-0.2, -0.15) is 0 Å². The number of hydrogen-bond donors (Lipinski definition) is 1. The van der Waals surface area contributed by atoms with Crippen LogP contribution >= 0.6 is 0 Å². The molecule has 0 saturated carbocycles. The number of hydrogen-bond acceptors (Lipinski definition) is 3. The van der Waals surface area contributed by atoms with E-state index in [1.54, 1.807) is 6.07 Å². The maximum Gasteiger partial charge on any atom is 0.197 e. The van der Waals surface area contributed by atoms with Gasteiger partial charge in [0.1, 0.15) is 11.4 Å². The van der Waals surface area contributed by atoms with Crippen LogP contribution < -0.4 is 4.74 Å². The lowest BCUT2D eigenvalue weighted by Gasteiger charge is -2.19. The molecule has 0 aliphatic rings. The molecule has 3 heteroatoms. The minimum atomic E-state index is -1.38. The third-order valence-corrected chi connectivity index (χ3v) is 2.45. The number of aliphatic hydroxyl groups is 1. The molecule has 0 radical (unpaired) electrons. The Morgan fingerprint density at radius 1 is 1.31 bits per heavy atom. The SMILES string of the molecule is COc1cc(C)cc(C)c1C(=O)C(C)(C)O. The van der Waals surface area contributed by atoms with Crippen molar-refractivity contribution in [1.82, 2.24) is 0 Å². The molecule has 0 aliphatic heterocycles. The van der Waals surface area contributed by atoms with Gasteiger partial charge in [0.05, 0.1) is 12.7 Å². The van der Waals surface area contributed by atoms with Crippen molar-refractivity contribution >= 4 is 5.78 Å². The van der Waals surface area contributed by atoms with E-state index in [0.29, 0.717) is 11.3 Å². The summed E-state index contributed by atoms with van der Waals surface area (Å²) in [6, 6.07) is 3.70. The predicted octanol–water partition coefficient (Wildman–Crippen LogP) is 2.27. The van der Waals surface area contributed by atoms with E-state index in [2.05, 4.69) is 0 Å². The number of rotatable bonds is 3. The van der Waals surface area contributed by atoms with E-state index >= 15 is 0 Å². The number of Topliss-reactive ketones (excluding diaryl/α,β-unsaturated/α-hetero) is 1. The maximum absolute atomic E-state index is 12.0. The number of ether oxygens (including phenoxy) is 1. The standard InChI is InChI=1S/C13H18O3/c1-8-6-9(2)11(10(7-8)16-5)12(14)13(3,4)15/h6-7,15H,1-5H3. The summed E-state index contributed by atoms with van der Waals surface area (Å²) in [5.41, 5.74) is 0.930. The minimum Gasteiger partial charge on any atom is -0.496 e. The molecule has 3 nitrogen and oxygen atoms in total. The van der Waals surface area contributed by atoms with Crippen molar-refractivity contribution in [2.45, 2.75) is 33.3 Å². The van der Waals surface area contributed by atoms with Crippen molar-refractivity contribution < 1.29 is 14.6 Å². The minimum absolute atomic E-state index is 0.318. The second-order valence-corrected chi connectivity index (χ2v) is 4.55. The van der Waals surface area contributed by atoms with Crippen LogP contribution in [0.3, 0.4) is 0 Å². The fraction of sp³-hybridized carbons (Fsp3) is 0.462. The van der Waals surface area contributed by atoms with Crippen molar-refractivity contribution in [2.75, 3.05) is 7.11 Å². The first-order chi connectivity index (χ1) is 7.27. The van der Waals surface area contributed by atoms with Crippen LogP contribution in [-0.4, -0.2) is 23.6 Å². The van der Waals surface area contributed by atoms with Gasteiger partial charge in [-0.05, 0) is 44.9 Å². The molecule has 0 amide bonds. The summed E-state index contributed by atoms with van der Waals surface area (Å²) in [6.45, 7) is 6.74. The van der Waals surface area contributed by atoms with Gasteiger partial charge < -0.3 is 9.84 Å². The Balaban J connectivity index is 3.38. The van der Waals surface area contributed by atoms with Crippen LogP contribution in [0.1, 0.15) is 35.3 Å². The van der Waals surface area contributed by atoms with Crippen molar-refractivity contribution in [2.24, 2.45) is 0 Å². The lowest BCUT2D eigenvalue weighted by atomic mass is 9.92. The zero-order chi connectivity index (χ0) is 12.5. The molecule has 1 aromatic rings. The summed E-state index contributed by atoms with van der Waals surface area (Å²) in [5, 5.41) is 9.75. The first-order valence-corrected chi connectivity index (χ1v) is 5.19. The number of aryl methyl sites for hydroxylation is 2. The second kappa shape index (κ2) is 4.26. The Labute approximate surface area is 96.1 Å². The molecular weight excluding hydrogens is 204 g/mol. The van der Waals surface area contributed by atoms with Crippen LogP contribution in [0.2, 0.25) is 0 Å². The summed E-state index contributed by atoms with van der Waals surface area (Å²) in [4.78, 5) is 12.0. The van der Waals surface area contributed by atoms with E-state index in [-0.39, 0.29) is 5.78 Å². The third-order valence-electron chi connectivity index (χ3n) is 2.45. The topological polar surface area (TPSA) is 46.5 Å². The average molecular weight is 222 g/mol. The lowest BCUT2D eigenvalue weighted by molar-refractivity contribution is 0.0484. The summed E-state index contributed by atoms with van der Waals surface area (Å²) in [7, 11) is 1.52. The second-order valence-electron chi connectivity index (χ2n) is 4.55. The zero-order valence-electron chi connectivity index (χ0n) is 10.4. The Morgan fingerprint density at radius 2 is 1.88 bits per heavy atom. The third kappa shape index (κ3) is 2.42. The lowest BCUT2D eigenvalue weighted by Crippen LogP contribution is -2.32. The van der Waals surface area contributed by atoms with Crippen LogP contribution in [-0.2, 0) is 0 Å². The molecule has 0 bridgehead atoms. The van der Waals surface area contributed by atoms with Gasteiger partial charge in [0, 0.05) is 0 Å². The Hall–Kier alpha value is -1.35. The van der Waals surface area contributed by atoms with Crippen LogP contribution in [0, 0.1) is 13.8 Å². The van der Waals surface area contributed by atoms with Gasteiger partial charge in [0.15, 0.2) is 5.78 Å². The highest BCUT2D eigenvalue weighted by Gasteiger charge is 2.29. The van der Waals surface area contributed by atoms with Gasteiger partial charge in [-0.15, -0.1) is 0 Å². The van der Waals surface area contributed by atoms with Crippen LogP contribution in [0.4, 0.5) is 0 Å². The largest absolute Gasteiger partial charge is 0.496 e. The smallest absolute Gasteiger partial charge is 0.197 e. The quantitative estimate of drug-likeness (QED) is 0.798. The summed E-state index contributed by atoms with van der Waals surface area (Å²) >= 11 is 0. The van der Waals surface area contributed by atoms with Crippen LogP contribution in [0.15, 0.2) is 12.1 Å². The van der Waals surface area contributed by atoms with E-state index in [1.807, 2.05) is 19.9 Å². The molecule has 0 aromatic heterocycles. The highest BCUT2D eigenvalue weighted by molar-refractivity contribution is 6.05. The fourth-order valence-electron chi connectivity index (χ4n) is 1.69. The molecule has 0 unspecified atom stereocenters. The van der Waals surface area contributed by atoms with Gasteiger partial charge in [0.25, 0.3) is 0 Å². The summed E-state index contributed by atoms with van der Waals surface area (Å²) in [6.07, 6.45) is 0. The Kier molecular flexibility index (Phi) is 3.38. The number of benzene rings is 1. The molecule has 0 spiro atoms. The molecule has 0 saturated heterocycles. The van der Waals surface area contributed by atoms with Gasteiger partial charge in [-0.1, -0.05) is 6.07 Å². The van der Waals surface area contributed by atoms with Gasteiger partial charge in [0.2, 0.25) is 0 Å². The number of methoxy groups -OCH3 is 1. The van der Waals surface area contributed by atoms with Gasteiger partial charge >= 0.3 is 0 Å². The summed E-state index contributed by atoms with van der Waals surface area (Å²) < 4.78 is 5.19. The number of carbonyl (C=O) groups excluding carboxylic acids is 1. The highest BCUT2D eigenvalue weighted by atomic mass is 16.5. The predicted molar refractivity (Wildman–Crippen MR) is 63.1 cm³/mol. The first-order valence-electron chi connectivity index (χ1n) is 5.19. The van der Waals surface area contributed by atoms with E-state index in [9.17, 15) is 9.90 Å². The van der Waals surface area contributed by atoms with Crippen molar-refractivity contribution in [3.8, 4) is 5.75 Å². The molecule has 88 valence electrons. The monoisotopic (exact) mass is 222 g/mol. The van der Waals surface area contributed by atoms with E-state index < -0.39 is 5.60 Å². The van der Waals surface area contributed by atoms with E-state index in [4.69, 9.17) is 4.74 Å². The van der Waals surface area contributed by atoms with Crippen molar-refractivity contribution in [3.05, 3.63) is 28.8 Å². The first kappa shape index (κ1) is 12.7. The van der Waals surface area contributed by atoms with E-state index in [1.165, 1.54) is 21.0 Å². The van der Waals surface area contributed by atoms with Gasteiger partial charge in [-0.3, -0.25) is 4.79 Å². The molecular formula is C13H18O3. The van der Waals surface area contributed by atoms with Crippen LogP contribution in [0.25, 0.3) is 0 Å². The normalized spacial score (nSPS) is 11.4. The molecule has 0 fully saturated rings. The van der Waals surface area contributed by atoms with Crippen molar-refractivity contribution in [1.29, 1.82) is 0 Å². The Bertz CT molecular complexity index is 414. The summed E-state index contributed by atoms with van der Waals surface area (Å²) in [5.74, 6) is 0.200. The zero-order valence-corrected chi connectivity index (χ0v) is 10.4. The van der Waals surface area contributed by atoms with Crippen LogP contribution in [0.5, 0.6) is 5.75 Å². The molecule has 0 atom stereocenters. The molecule has 0 heterocycles.